The third-order valence-corrected chi connectivity index (χ3v) is 6.79. The van der Waals surface area contributed by atoms with Gasteiger partial charge in [-0.1, -0.05) is 31.7 Å². The molecule has 0 atom stereocenters. The first-order valence-corrected chi connectivity index (χ1v) is 11.6. The first kappa shape index (κ1) is 19.8. The molecule has 4 nitrogen and oxygen atoms in total. The third-order valence-electron chi connectivity index (χ3n) is 6.79. The fourth-order valence-corrected chi connectivity index (χ4v) is 5.08. The van der Waals surface area contributed by atoms with Gasteiger partial charge in [0.2, 0.25) is 5.91 Å². The van der Waals surface area contributed by atoms with Gasteiger partial charge in [-0.15, -0.1) is 0 Å². The van der Waals surface area contributed by atoms with Crippen molar-refractivity contribution >= 4 is 5.91 Å². The molecule has 4 rings (SSSR count). The molecule has 2 aliphatic heterocycles. The van der Waals surface area contributed by atoms with Gasteiger partial charge in [-0.25, -0.2) is 0 Å². The van der Waals surface area contributed by atoms with E-state index in [-0.39, 0.29) is 5.92 Å². The number of piperidine rings is 1. The molecule has 28 heavy (non-hydrogen) atoms. The summed E-state index contributed by atoms with van der Waals surface area (Å²) in [6.07, 6.45) is 12.1. The van der Waals surface area contributed by atoms with Gasteiger partial charge in [0.05, 0.1) is 6.61 Å². The lowest BCUT2D eigenvalue weighted by atomic mass is 9.87. The summed E-state index contributed by atoms with van der Waals surface area (Å²) in [7, 11) is 0. The van der Waals surface area contributed by atoms with Gasteiger partial charge in [0, 0.05) is 25.6 Å². The zero-order valence-corrected chi connectivity index (χ0v) is 17.3. The Morgan fingerprint density at radius 3 is 2.57 bits per heavy atom. The molecule has 1 saturated carbocycles. The van der Waals surface area contributed by atoms with Gasteiger partial charge < -0.3 is 14.5 Å². The van der Waals surface area contributed by atoms with Crippen molar-refractivity contribution in [3.63, 3.8) is 0 Å². The van der Waals surface area contributed by atoms with E-state index in [1.807, 2.05) is 0 Å². The second-order valence-electron chi connectivity index (χ2n) is 8.88. The lowest BCUT2D eigenvalue weighted by Gasteiger charge is -2.33. The van der Waals surface area contributed by atoms with Gasteiger partial charge in [-0.05, 0) is 74.9 Å². The van der Waals surface area contributed by atoms with Crippen LogP contribution in [0.15, 0.2) is 18.2 Å². The average Bonchev–Trinajstić information content (AvgIpc) is 2.77. The zero-order valence-electron chi connectivity index (χ0n) is 17.3. The number of hydrogen-bond donors (Lipinski definition) is 0. The smallest absolute Gasteiger partial charge is 0.225 e. The van der Waals surface area contributed by atoms with Crippen molar-refractivity contribution in [1.29, 1.82) is 0 Å². The van der Waals surface area contributed by atoms with Crippen molar-refractivity contribution in [3.05, 3.63) is 29.3 Å². The second kappa shape index (κ2) is 9.78. The zero-order chi connectivity index (χ0) is 19.2. The summed E-state index contributed by atoms with van der Waals surface area (Å²) in [5.41, 5.74) is 2.66. The van der Waals surface area contributed by atoms with Gasteiger partial charge in [-0.2, -0.15) is 0 Å². The van der Waals surface area contributed by atoms with E-state index in [0.29, 0.717) is 5.91 Å². The van der Waals surface area contributed by atoms with Crippen LogP contribution in [0.4, 0.5) is 0 Å². The van der Waals surface area contributed by atoms with Crippen LogP contribution in [-0.2, 0) is 17.8 Å². The monoisotopic (exact) mass is 384 g/mol. The number of carbonyl (C=O) groups excluding carboxylic acids is 1. The number of fused-ring (bicyclic) bond motifs is 1. The highest BCUT2D eigenvalue weighted by Crippen LogP contribution is 2.29. The van der Waals surface area contributed by atoms with E-state index in [4.69, 9.17) is 4.74 Å². The Labute approximate surface area is 170 Å². The fraction of sp³-hybridized carbons (Fsp3) is 0.708. The number of hydrogen-bond acceptors (Lipinski definition) is 3. The Bertz CT molecular complexity index is 648. The van der Waals surface area contributed by atoms with Crippen molar-refractivity contribution in [2.45, 2.75) is 70.8 Å². The van der Waals surface area contributed by atoms with E-state index < -0.39 is 0 Å². The summed E-state index contributed by atoms with van der Waals surface area (Å²) in [6.45, 7) is 6.11. The number of benzene rings is 1. The van der Waals surface area contributed by atoms with Crippen LogP contribution in [0.3, 0.4) is 0 Å². The molecule has 0 aromatic heterocycles. The van der Waals surface area contributed by atoms with Crippen LogP contribution in [0.2, 0.25) is 0 Å². The molecule has 2 fully saturated rings. The van der Waals surface area contributed by atoms with E-state index in [0.717, 1.165) is 57.7 Å². The van der Waals surface area contributed by atoms with Gasteiger partial charge in [-0.3, -0.25) is 4.79 Å². The maximum atomic E-state index is 12.8. The maximum Gasteiger partial charge on any atom is 0.225 e. The predicted molar refractivity (Wildman–Crippen MR) is 113 cm³/mol. The molecular weight excluding hydrogens is 348 g/mol. The summed E-state index contributed by atoms with van der Waals surface area (Å²) < 4.78 is 6.03. The summed E-state index contributed by atoms with van der Waals surface area (Å²) in [5, 5.41) is 0. The van der Waals surface area contributed by atoms with Crippen LogP contribution in [0.1, 0.15) is 68.9 Å². The minimum Gasteiger partial charge on any atom is -0.494 e. The molecule has 1 amide bonds. The van der Waals surface area contributed by atoms with Gasteiger partial charge >= 0.3 is 0 Å². The van der Waals surface area contributed by atoms with E-state index in [9.17, 15) is 4.79 Å². The summed E-state index contributed by atoms with van der Waals surface area (Å²) >= 11 is 0. The Morgan fingerprint density at radius 1 is 0.964 bits per heavy atom. The molecule has 1 aromatic carbocycles. The predicted octanol–water partition coefficient (Wildman–Crippen LogP) is 4.41. The Morgan fingerprint density at radius 2 is 1.75 bits per heavy atom. The molecule has 0 bridgehead atoms. The Balaban J connectivity index is 1.24. The van der Waals surface area contributed by atoms with Crippen molar-refractivity contribution in [2.75, 3.05) is 32.8 Å². The van der Waals surface area contributed by atoms with Crippen LogP contribution in [0, 0.1) is 5.92 Å². The lowest BCUT2D eigenvalue weighted by molar-refractivity contribution is -0.137. The number of carbonyl (C=O) groups is 1. The van der Waals surface area contributed by atoms with E-state index in [1.165, 1.54) is 62.7 Å². The van der Waals surface area contributed by atoms with Gasteiger partial charge in [0.25, 0.3) is 0 Å². The van der Waals surface area contributed by atoms with E-state index >= 15 is 0 Å². The summed E-state index contributed by atoms with van der Waals surface area (Å²) in [6, 6.07) is 6.47. The number of likely N-dealkylation sites (tertiary alicyclic amines) is 1. The molecule has 0 spiro atoms. The molecule has 1 aliphatic carbocycles. The molecule has 0 unspecified atom stereocenters. The Hall–Kier alpha value is -1.55. The van der Waals surface area contributed by atoms with Crippen LogP contribution in [0.5, 0.6) is 5.75 Å². The number of ether oxygens (including phenoxy) is 1. The average molecular weight is 385 g/mol. The fourth-order valence-electron chi connectivity index (χ4n) is 5.08. The summed E-state index contributed by atoms with van der Waals surface area (Å²) in [5.74, 6) is 1.66. The second-order valence-corrected chi connectivity index (χ2v) is 8.88. The normalized spacial score (nSPS) is 21.4. The minimum atomic E-state index is 0.276. The molecule has 1 aromatic rings. The quantitative estimate of drug-likeness (QED) is 0.681. The molecule has 2 heterocycles. The topological polar surface area (TPSA) is 32.8 Å². The molecule has 4 heteroatoms. The SMILES string of the molecule is O=C(C1CCCCC1)N1CCc2cc(OCCCN3CCCCC3)ccc2C1. The molecule has 1 saturated heterocycles. The van der Waals surface area contributed by atoms with Crippen molar-refractivity contribution < 1.29 is 9.53 Å². The maximum absolute atomic E-state index is 12.8. The minimum absolute atomic E-state index is 0.276. The van der Waals surface area contributed by atoms with Crippen molar-refractivity contribution in [1.82, 2.24) is 9.80 Å². The molecule has 3 aliphatic rings. The summed E-state index contributed by atoms with van der Waals surface area (Å²) in [4.78, 5) is 17.5. The molecule has 154 valence electrons. The van der Waals surface area contributed by atoms with Crippen LogP contribution in [-0.4, -0.2) is 48.5 Å². The third kappa shape index (κ3) is 5.08. The number of nitrogens with zero attached hydrogens (tertiary/aromatic N) is 2. The van der Waals surface area contributed by atoms with E-state index in [2.05, 4.69) is 28.0 Å². The van der Waals surface area contributed by atoms with Crippen molar-refractivity contribution in [2.24, 2.45) is 5.92 Å². The van der Waals surface area contributed by atoms with Crippen molar-refractivity contribution in [3.8, 4) is 5.75 Å². The molecule has 0 radical (unpaired) electrons. The Kier molecular flexibility index (Phi) is 6.90. The largest absolute Gasteiger partial charge is 0.494 e. The highest BCUT2D eigenvalue weighted by Gasteiger charge is 2.28. The molecular formula is C24H36N2O2. The van der Waals surface area contributed by atoms with Crippen LogP contribution < -0.4 is 4.74 Å². The highest BCUT2D eigenvalue weighted by molar-refractivity contribution is 5.79. The number of rotatable bonds is 6. The van der Waals surface area contributed by atoms with E-state index in [1.54, 1.807) is 0 Å². The lowest BCUT2D eigenvalue weighted by Crippen LogP contribution is -2.40. The first-order chi connectivity index (χ1) is 13.8. The number of amides is 1. The van der Waals surface area contributed by atoms with Gasteiger partial charge in [0.1, 0.15) is 5.75 Å². The van der Waals surface area contributed by atoms with Gasteiger partial charge in [0.15, 0.2) is 0 Å². The highest BCUT2D eigenvalue weighted by atomic mass is 16.5. The molecule has 0 N–H and O–H groups in total. The van der Waals surface area contributed by atoms with Crippen LogP contribution in [0.25, 0.3) is 0 Å². The first-order valence-electron chi connectivity index (χ1n) is 11.6. The standard InChI is InChI=1S/C24H36N2O2/c27-24(20-8-3-1-4-9-20)26-16-12-21-18-23(11-10-22(21)19-26)28-17-7-15-25-13-5-2-6-14-25/h10-11,18,20H,1-9,12-17,19H2. The van der Waals surface area contributed by atoms with Crippen LogP contribution >= 0.6 is 0 Å².